The molecule has 0 atom stereocenters. The molecule has 0 bridgehead atoms. The third-order valence-electron chi connectivity index (χ3n) is 6.71. The number of hydrogen-bond donors (Lipinski definition) is 1. The Labute approximate surface area is 288 Å². The number of Topliss-reactive ketones (excluding diaryl/α,β-unsaturated/α-hetero) is 1. The normalized spacial score (nSPS) is 11.4. The van der Waals surface area contributed by atoms with E-state index in [2.05, 4.69) is 73.9 Å². The van der Waals surface area contributed by atoms with Crippen LogP contribution in [0.15, 0.2) is 47.1 Å². The molecule has 0 radical (unpaired) electrons. The van der Waals surface area contributed by atoms with Crippen molar-refractivity contribution < 1.29 is 28.2 Å². The van der Waals surface area contributed by atoms with Crippen LogP contribution in [0.2, 0.25) is 5.02 Å². The predicted molar refractivity (Wildman–Crippen MR) is 195 cm³/mol. The lowest BCUT2D eigenvalue weighted by atomic mass is 9.86. The second-order valence-electron chi connectivity index (χ2n) is 14.7. The molecule has 2 aromatic heterocycles. The van der Waals surface area contributed by atoms with Crippen molar-refractivity contribution in [1.29, 1.82) is 0 Å². The van der Waals surface area contributed by atoms with Crippen molar-refractivity contribution >= 4 is 34.5 Å². The lowest BCUT2D eigenvalue weighted by Gasteiger charge is -2.20. The summed E-state index contributed by atoms with van der Waals surface area (Å²) in [7, 11) is 0. The molecular weight excluding hydrogens is 617 g/mol. The third kappa shape index (κ3) is 15.5. The summed E-state index contributed by atoms with van der Waals surface area (Å²) < 4.78 is 24.7. The fourth-order valence-electron chi connectivity index (χ4n) is 4.02. The van der Waals surface area contributed by atoms with Gasteiger partial charge in [0.2, 0.25) is 5.78 Å². The van der Waals surface area contributed by atoms with Crippen molar-refractivity contribution in [3.05, 3.63) is 64.8 Å². The Bertz CT molecular complexity index is 1460. The van der Waals surface area contributed by atoms with Gasteiger partial charge in [-0.15, -0.1) is 0 Å². The number of carbonyl (C=O) groups excluding carboxylic acids is 1. The van der Waals surface area contributed by atoms with E-state index >= 15 is 0 Å². The first kappa shape index (κ1) is 43.8. The molecular formula is C39H59ClFNO5. The highest BCUT2D eigenvalue weighted by Crippen LogP contribution is 2.35. The molecule has 0 amide bonds. The number of carboxylic acid groups (broad SMARTS) is 1. The van der Waals surface area contributed by atoms with E-state index in [-0.39, 0.29) is 22.1 Å². The minimum absolute atomic E-state index is 0.0676. The fraction of sp³-hybridized carbons (Fsp3) is 0.564. The molecule has 0 aliphatic rings. The van der Waals surface area contributed by atoms with Crippen LogP contribution in [-0.2, 0) is 14.9 Å². The van der Waals surface area contributed by atoms with E-state index in [1.165, 1.54) is 51.7 Å². The van der Waals surface area contributed by atoms with Gasteiger partial charge in [-0.3, -0.25) is 4.79 Å². The average molecular weight is 676 g/mol. The van der Waals surface area contributed by atoms with Crippen LogP contribution in [0.5, 0.6) is 0 Å². The van der Waals surface area contributed by atoms with Gasteiger partial charge < -0.3 is 14.3 Å². The van der Waals surface area contributed by atoms with Crippen LogP contribution in [-0.4, -0.2) is 27.4 Å². The Balaban J connectivity index is 0.000000826. The molecule has 1 N–H and O–H groups in total. The van der Waals surface area contributed by atoms with Crippen LogP contribution in [0.1, 0.15) is 139 Å². The summed E-state index contributed by atoms with van der Waals surface area (Å²) in [5.41, 5.74) is 2.49. The molecule has 2 heterocycles. The van der Waals surface area contributed by atoms with Gasteiger partial charge in [0.1, 0.15) is 11.3 Å². The quantitative estimate of drug-likeness (QED) is 0.189. The number of carboxylic acids is 1. The highest BCUT2D eigenvalue weighted by Gasteiger charge is 2.28. The summed E-state index contributed by atoms with van der Waals surface area (Å²) in [5.74, 6) is -1.01. The third-order valence-corrected chi connectivity index (χ3v) is 7.02. The molecule has 1 aromatic carbocycles. The van der Waals surface area contributed by atoms with Gasteiger partial charge in [-0.1, -0.05) is 120 Å². The zero-order chi connectivity index (χ0) is 36.9. The van der Waals surface area contributed by atoms with Gasteiger partial charge in [0.05, 0.1) is 16.5 Å². The topological polar surface area (TPSA) is 89.6 Å². The molecule has 47 heavy (non-hydrogen) atoms. The number of aromatic nitrogens is 1. The number of fused-ring (bicyclic) bond motifs is 1. The van der Waals surface area contributed by atoms with Gasteiger partial charge >= 0.3 is 5.97 Å². The number of nitrogens with zero attached hydrogens (tertiary/aromatic N) is 1. The van der Waals surface area contributed by atoms with E-state index in [0.717, 1.165) is 5.56 Å². The summed E-state index contributed by atoms with van der Waals surface area (Å²) in [6.07, 6.45) is 5.29. The van der Waals surface area contributed by atoms with Gasteiger partial charge in [-0.05, 0) is 56.2 Å². The number of carbonyl (C=O) groups is 2. The van der Waals surface area contributed by atoms with E-state index < -0.39 is 17.4 Å². The number of ketones is 1. The van der Waals surface area contributed by atoms with Crippen LogP contribution in [0.3, 0.4) is 0 Å². The van der Waals surface area contributed by atoms with Crippen molar-refractivity contribution in [2.45, 2.75) is 134 Å². The van der Waals surface area contributed by atoms with E-state index in [0.29, 0.717) is 39.3 Å². The van der Waals surface area contributed by atoms with Crippen LogP contribution in [0.25, 0.3) is 22.4 Å². The van der Waals surface area contributed by atoms with Crippen LogP contribution in [0.4, 0.5) is 4.39 Å². The monoisotopic (exact) mass is 675 g/mol. The standard InChI is InChI=1S/C21H21ClFNO2.C7H12O3.C7H16.C4H10/c1-11(2)19(25)18-10-17-20(26-18)13(21(3,4)5)9-16(24-17)12-6-7-14(22)15(23)8-12;1-5(2)10-7(3,4)6(8)9;1-5-6-7(2,3)4;1-3-4-2/h6-11H,1-5H3;1H2,2-4H3,(H,8,9);5-6H2,1-4H3;3-4H2,1-2H3. The summed E-state index contributed by atoms with van der Waals surface area (Å²) in [4.78, 5) is 27.3. The second kappa shape index (κ2) is 19.0. The SMILES string of the molecule is C=C(C)OC(C)(C)C(=O)O.CC(C)C(=O)c1cc2nc(-c3ccc(Cl)c(F)c3)cc(C(C)(C)C)c2o1.CCCC.CCCC(C)(C)C. The molecule has 3 rings (SSSR count). The van der Waals surface area contributed by atoms with Crippen molar-refractivity contribution in [2.24, 2.45) is 11.3 Å². The molecule has 3 aromatic rings. The molecule has 0 aliphatic heterocycles. The van der Waals surface area contributed by atoms with Crippen molar-refractivity contribution in [1.82, 2.24) is 4.98 Å². The number of hydrogen-bond acceptors (Lipinski definition) is 5. The summed E-state index contributed by atoms with van der Waals surface area (Å²) in [5, 5.41) is 8.59. The Morgan fingerprint density at radius 2 is 1.53 bits per heavy atom. The van der Waals surface area contributed by atoms with Gasteiger partial charge in [0.15, 0.2) is 16.9 Å². The highest BCUT2D eigenvalue weighted by atomic mass is 35.5. The number of furan rings is 1. The zero-order valence-corrected chi connectivity index (χ0v) is 32.0. The Kier molecular flexibility index (Phi) is 17.7. The summed E-state index contributed by atoms with van der Waals surface area (Å²) in [6, 6.07) is 8.16. The minimum Gasteiger partial charge on any atom is -0.481 e. The Morgan fingerprint density at radius 3 is 1.87 bits per heavy atom. The molecule has 0 saturated carbocycles. The predicted octanol–water partition coefficient (Wildman–Crippen LogP) is 12.5. The van der Waals surface area contributed by atoms with Crippen LogP contribution < -0.4 is 0 Å². The molecule has 6 nitrogen and oxygen atoms in total. The number of aliphatic carboxylic acids is 1. The minimum atomic E-state index is -1.16. The van der Waals surface area contributed by atoms with Crippen LogP contribution >= 0.6 is 11.6 Å². The maximum Gasteiger partial charge on any atom is 0.347 e. The maximum atomic E-state index is 13.9. The van der Waals surface area contributed by atoms with Crippen molar-refractivity contribution in [3.63, 3.8) is 0 Å². The van der Waals surface area contributed by atoms with E-state index in [1.54, 1.807) is 19.1 Å². The lowest BCUT2D eigenvalue weighted by molar-refractivity contribution is -0.156. The first-order valence-electron chi connectivity index (χ1n) is 16.4. The number of allylic oxidation sites excluding steroid dienone is 1. The lowest BCUT2D eigenvalue weighted by Crippen LogP contribution is -2.33. The summed E-state index contributed by atoms with van der Waals surface area (Å²) in [6.45, 7) is 31.2. The maximum absolute atomic E-state index is 13.9. The van der Waals surface area contributed by atoms with Crippen LogP contribution in [0, 0.1) is 17.2 Å². The van der Waals surface area contributed by atoms with Gasteiger partial charge in [-0.2, -0.15) is 0 Å². The molecule has 0 unspecified atom stereocenters. The molecule has 264 valence electrons. The Morgan fingerprint density at radius 1 is 0.979 bits per heavy atom. The van der Waals surface area contributed by atoms with Crippen molar-refractivity contribution in [2.75, 3.05) is 0 Å². The molecule has 0 saturated heterocycles. The fourth-order valence-corrected chi connectivity index (χ4v) is 4.13. The largest absolute Gasteiger partial charge is 0.481 e. The van der Waals surface area contributed by atoms with Gasteiger partial charge in [0, 0.05) is 23.1 Å². The second-order valence-corrected chi connectivity index (χ2v) is 15.1. The first-order valence-corrected chi connectivity index (χ1v) is 16.8. The number of halogens is 2. The van der Waals surface area contributed by atoms with Crippen molar-refractivity contribution in [3.8, 4) is 11.3 Å². The number of benzene rings is 1. The van der Waals surface area contributed by atoms with E-state index in [4.69, 9.17) is 25.9 Å². The number of unbranched alkanes of at least 4 members (excludes halogenated alkanes) is 1. The smallest absolute Gasteiger partial charge is 0.347 e. The zero-order valence-electron chi connectivity index (χ0n) is 31.3. The van der Waals surface area contributed by atoms with Gasteiger partial charge in [0.25, 0.3) is 0 Å². The van der Waals surface area contributed by atoms with E-state index in [1.807, 2.05) is 19.9 Å². The molecule has 0 aliphatic carbocycles. The highest BCUT2D eigenvalue weighted by molar-refractivity contribution is 6.30. The number of rotatable bonds is 8. The molecule has 8 heteroatoms. The number of pyridine rings is 1. The van der Waals surface area contributed by atoms with Gasteiger partial charge in [-0.25, -0.2) is 14.2 Å². The molecule has 0 fully saturated rings. The summed E-state index contributed by atoms with van der Waals surface area (Å²) >= 11 is 5.79. The molecule has 0 spiro atoms. The first-order chi connectivity index (χ1) is 21.4. The average Bonchev–Trinajstić information content (AvgIpc) is 3.36. The Hall–Kier alpha value is -3.19. The van der Waals surface area contributed by atoms with E-state index in [9.17, 15) is 14.0 Å². The number of ether oxygens (including phenoxy) is 1.